The average molecular weight is 291 g/mol. The van der Waals surface area contributed by atoms with Crippen molar-refractivity contribution in [1.29, 1.82) is 5.26 Å². The Bertz CT molecular complexity index is 566. The summed E-state index contributed by atoms with van der Waals surface area (Å²) in [5.41, 5.74) is 6.58. The van der Waals surface area contributed by atoms with Gasteiger partial charge in [0.15, 0.2) is 0 Å². The van der Waals surface area contributed by atoms with Crippen LogP contribution in [-0.4, -0.2) is 17.1 Å². The van der Waals surface area contributed by atoms with Crippen LogP contribution in [0.1, 0.15) is 37.3 Å². The van der Waals surface area contributed by atoms with E-state index in [0.717, 1.165) is 5.56 Å². The first kappa shape index (κ1) is 16.9. The number of hydrogen-bond acceptors (Lipinski definition) is 5. The first-order valence-electron chi connectivity index (χ1n) is 6.91. The summed E-state index contributed by atoms with van der Waals surface area (Å²) in [5.74, 6) is 0.503. The van der Waals surface area contributed by atoms with Gasteiger partial charge in [-0.3, -0.25) is 10.1 Å². The first-order valence-corrected chi connectivity index (χ1v) is 6.91. The summed E-state index contributed by atoms with van der Waals surface area (Å²) in [6.45, 7) is 5.80. The number of nitrogens with zero attached hydrogens (tertiary/aromatic N) is 2. The van der Waals surface area contributed by atoms with E-state index >= 15 is 0 Å². The molecular formula is C15H21N3O3. The molecule has 6 nitrogen and oxygen atoms in total. The molecule has 0 radical (unpaired) electrons. The van der Waals surface area contributed by atoms with E-state index in [0.29, 0.717) is 37.2 Å². The molecule has 0 saturated heterocycles. The second-order valence-electron chi connectivity index (χ2n) is 5.23. The smallest absolute Gasteiger partial charge is 0.276 e. The number of nitriles is 1. The highest BCUT2D eigenvalue weighted by molar-refractivity contribution is 5.49. The third kappa shape index (κ3) is 4.43. The number of nitro benzene ring substituents is 1. The molecule has 0 heterocycles. The van der Waals surface area contributed by atoms with Crippen LogP contribution in [0.3, 0.4) is 0 Å². The Morgan fingerprint density at radius 2 is 2.10 bits per heavy atom. The monoisotopic (exact) mass is 291 g/mol. The molecule has 0 aliphatic carbocycles. The van der Waals surface area contributed by atoms with Gasteiger partial charge in [0.05, 0.1) is 23.7 Å². The highest BCUT2D eigenvalue weighted by atomic mass is 16.6. The van der Waals surface area contributed by atoms with Crippen molar-refractivity contribution in [2.24, 2.45) is 5.73 Å². The van der Waals surface area contributed by atoms with Crippen LogP contribution in [-0.2, 0) is 0 Å². The van der Waals surface area contributed by atoms with E-state index in [4.69, 9.17) is 15.7 Å². The molecule has 2 N–H and O–H groups in total. The van der Waals surface area contributed by atoms with Crippen LogP contribution < -0.4 is 10.5 Å². The van der Waals surface area contributed by atoms with Crippen molar-refractivity contribution in [2.75, 3.05) is 6.61 Å². The molecule has 0 fully saturated rings. The second-order valence-corrected chi connectivity index (χ2v) is 5.23. The summed E-state index contributed by atoms with van der Waals surface area (Å²) in [6, 6.07) is 5.29. The number of nitro groups is 1. The summed E-state index contributed by atoms with van der Waals surface area (Å²) >= 11 is 0. The lowest BCUT2D eigenvalue weighted by Gasteiger charge is -2.19. The van der Waals surface area contributed by atoms with E-state index in [-0.39, 0.29) is 5.69 Å². The summed E-state index contributed by atoms with van der Waals surface area (Å²) in [5, 5.41) is 19.9. The topological polar surface area (TPSA) is 102 Å². The first-order chi connectivity index (χ1) is 9.83. The molecule has 0 spiro atoms. The number of ether oxygens (including phenoxy) is 1. The molecule has 0 amide bonds. The Morgan fingerprint density at radius 3 is 2.62 bits per heavy atom. The zero-order valence-electron chi connectivity index (χ0n) is 12.7. The third-order valence-electron chi connectivity index (χ3n) is 3.57. The number of hydrogen-bond donors (Lipinski definition) is 1. The molecule has 0 aromatic heterocycles. The standard InChI is InChI=1S/C15H21N3O3/c1-4-15(17,10-16)6-5-7-21-14-9-13(18(19)20)11(2)8-12(14)3/h8-9H,4-7,17H2,1-3H3. The molecule has 0 saturated carbocycles. The van der Waals surface area contributed by atoms with Crippen molar-refractivity contribution in [2.45, 2.75) is 45.6 Å². The van der Waals surface area contributed by atoms with Crippen molar-refractivity contribution >= 4 is 5.69 Å². The predicted octanol–water partition coefficient (Wildman–Crippen LogP) is 3.00. The Hall–Kier alpha value is -2.13. The third-order valence-corrected chi connectivity index (χ3v) is 3.57. The van der Waals surface area contributed by atoms with Gasteiger partial charge in [-0.15, -0.1) is 0 Å². The fourth-order valence-electron chi connectivity index (χ4n) is 2.06. The van der Waals surface area contributed by atoms with E-state index < -0.39 is 10.5 Å². The average Bonchev–Trinajstić information content (AvgIpc) is 2.44. The molecule has 1 unspecified atom stereocenters. The van der Waals surface area contributed by atoms with Crippen LogP contribution in [0.2, 0.25) is 0 Å². The Kier molecular flexibility index (Phi) is 5.68. The minimum absolute atomic E-state index is 0.0503. The summed E-state index contributed by atoms with van der Waals surface area (Å²) in [6.07, 6.45) is 1.74. The fourth-order valence-corrected chi connectivity index (χ4v) is 2.06. The van der Waals surface area contributed by atoms with Gasteiger partial charge in [-0.05, 0) is 44.7 Å². The van der Waals surface area contributed by atoms with Crippen LogP contribution in [0.4, 0.5) is 5.69 Å². The lowest BCUT2D eigenvalue weighted by atomic mass is 9.94. The van der Waals surface area contributed by atoms with Crippen LogP contribution in [0.5, 0.6) is 5.75 Å². The summed E-state index contributed by atoms with van der Waals surface area (Å²) < 4.78 is 5.60. The molecule has 1 aromatic carbocycles. The quantitative estimate of drug-likeness (QED) is 0.472. The van der Waals surface area contributed by atoms with Gasteiger partial charge in [-0.25, -0.2) is 0 Å². The van der Waals surface area contributed by atoms with E-state index in [1.165, 1.54) is 6.07 Å². The Labute approximate surface area is 124 Å². The van der Waals surface area contributed by atoms with Crippen molar-refractivity contribution in [3.05, 3.63) is 33.4 Å². The van der Waals surface area contributed by atoms with Crippen LogP contribution in [0.25, 0.3) is 0 Å². The second kappa shape index (κ2) is 7.04. The van der Waals surface area contributed by atoms with Gasteiger partial charge in [0.25, 0.3) is 5.69 Å². The molecule has 114 valence electrons. The largest absolute Gasteiger partial charge is 0.493 e. The SMILES string of the molecule is CCC(N)(C#N)CCCOc1cc([N+](=O)[O-])c(C)cc1C. The number of benzene rings is 1. The minimum atomic E-state index is -0.822. The molecular weight excluding hydrogens is 270 g/mol. The number of nitrogens with two attached hydrogens (primary N) is 1. The predicted molar refractivity (Wildman–Crippen MR) is 80.1 cm³/mol. The maximum absolute atomic E-state index is 10.9. The van der Waals surface area contributed by atoms with Crippen molar-refractivity contribution in [1.82, 2.24) is 0 Å². The lowest BCUT2D eigenvalue weighted by molar-refractivity contribution is -0.385. The summed E-state index contributed by atoms with van der Waals surface area (Å²) in [4.78, 5) is 10.5. The highest BCUT2D eigenvalue weighted by Crippen LogP contribution is 2.28. The Balaban J connectivity index is 2.67. The highest BCUT2D eigenvalue weighted by Gasteiger charge is 2.21. The van der Waals surface area contributed by atoms with Gasteiger partial charge in [0.2, 0.25) is 0 Å². The van der Waals surface area contributed by atoms with Gasteiger partial charge in [0.1, 0.15) is 11.3 Å². The van der Waals surface area contributed by atoms with Crippen molar-refractivity contribution in [3.63, 3.8) is 0 Å². The van der Waals surface area contributed by atoms with Gasteiger partial charge in [-0.1, -0.05) is 6.92 Å². The van der Waals surface area contributed by atoms with E-state index in [2.05, 4.69) is 6.07 Å². The lowest BCUT2D eigenvalue weighted by Crippen LogP contribution is -2.37. The van der Waals surface area contributed by atoms with Crippen molar-refractivity contribution < 1.29 is 9.66 Å². The molecule has 1 rings (SSSR count). The zero-order valence-corrected chi connectivity index (χ0v) is 12.7. The van der Waals surface area contributed by atoms with Gasteiger partial charge in [0, 0.05) is 5.56 Å². The zero-order chi connectivity index (χ0) is 16.0. The molecule has 0 aliphatic rings. The number of aryl methyl sites for hydroxylation is 2. The van der Waals surface area contributed by atoms with Crippen LogP contribution in [0.15, 0.2) is 12.1 Å². The molecule has 1 atom stereocenters. The maximum Gasteiger partial charge on any atom is 0.276 e. The van der Waals surface area contributed by atoms with E-state index in [9.17, 15) is 10.1 Å². The maximum atomic E-state index is 10.9. The van der Waals surface area contributed by atoms with Gasteiger partial charge < -0.3 is 10.5 Å². The van der Waals surface area contributed by atoms with E-state index in [1.54, 1.807) is 13.0 Å². The Morgan fingerprint density at radius 1 is 1.43 bits per heavy atom. The van der Waals surface area contributed by atoms with Crippen LogP contribution >= 0.6 is 0 Å². The van der Waals surface area contributed by atoms with Gasteiger partial charge in [-0.2, -0.15) is 5.26 Å². The molecule has 0 aliphatic heterocycles. The summed E-state index contributed by atoms with van der Waals surface area (Å²) in [7, 11) is 0. The van der Waals surface area contributed by atoms with Crippen molar-refractivity contribution in [3.8, 4) is 11.8 Å². The minimum Gasteiger partial charge on any atom is -0.493 e. The van der Waals surface area contributed by atoms with Gasteiger partial charge >= 0.3 is 0 Å². The molecule has 1 aromatic rings. The fraction of sp³-hybridized carbons (Fsp3) is 0.533. The molecule has 21 heavy (non-hydrogen) atoms. The number of rotatable bonds is 7. The molecule has 0 bridgehead atoms. The van der Waals surface area contributed by atoms with Crippen LogP contribution in [0, 0.1) is 35.3 Å². The normalized spacial score (nSPS) is 13.3. The molecule has 6 heteroatoms. The van der Waals surface area contributed by atoms with E-state index in [1.807, 2.05) is 13.8 Å².